The van der Waals surface area contributed by atoms with Gasteiger partial charge in [-0.1, -0.05) is 17.7 Å². The van der Waals surface area contributed by atoms with Crippen molar-refractivity contribution in [2.75, 3.05) is 7.11 Å². The molecule has 1 aromatic carbocycles. The minimum Gasteiger partial charge on any atom is -0.477 e. The highest BCUT2D eigenvalue weighted by atomic mass is 35.5. The van der Waals surface area contributed by atoms with E-state index in [2.05, 4.69) is 4.74 Å². The maximum absolute atomic E-state index is 11.2. The van der Waals surface area contributed by atoms with Crippen LogP contribution >= 0.6 is 11.6 Å². The Hall–Kier alpha value is -1.26. The lowest BCUT2D eigenvalue weighted by molar-refractivity contribution is -0.147. The Morgan fingerprint density at radius 3 is 2.53 bits per heavy atom. The third-order valence-corrected chi connectivity index (χ3v) is 2.61. The molecule has 0 amide bonds. The van der Waals surface area contributed by atoms with Crippen LogP contribution < -0.4 is 10.5 Å². The molecular formula is C12H16ClNO3. The number of methoxy groups -OCH3 is 1. The smallest absolute Gasteiger partial charge is 0.346 e. The molecule has 2 N–H and O–H groups in total. The second-order valence-electron chi connectivity index (χ2n) is 3.76. The quantitative estimate of drug-likeness (QED) is 0.841. The number of esters is 1. The molecule has 1 unspecified atom stereocenters. The van der Waals surface area contributed by atoms with Crippen molar-refractivity contribution in [3.05, 3.63) is 28.8 Å². The lowest BCUT2D eigenvalue weighted by Gasteiger charge is -2.15. The largest absolute Gasteiger partial charge is 0.477 e. The first-order chi connectivity index (χ1) is 7.95. The molecule has 0 aliphatic carbocycles. The topological polar surface area (TPSA) is 61.5 Å². The van der Waals surface area contributed by atoms with Crippen molar-refractivity contribution in [2.24, 2.45) is 5.73 Å². The summed E-state index contributed by atoms with van der Waals surface area (Å²) in [7, 11) is 1.31. The second kappa shape index (κ2) is 5.89. The average Bonchev–Trinajstić information content (AvgIpc) is 2.30. The van der Waals surface area contributed by atoms with Crippen LogP contribution in [0.15, 0.2) is 18.2 Å². The van der Waals surface area contributed by atoms with Gasteiger partial charge in [0.1, 0.15) is 5.75 Å². The monoisotopic (exact) mass is 257 g/mol. The van der Waals surface area contributed by atoms with E-state index in [1.807, 2.05) is 13.0 Å². The highest BCUT2D eigenvalue weighted by Crippen LogP contribution is 2.28. The lowest BCUT2D eigenvalue weighted by Crippen LogP contribution is -2.25. The average molecular weight is 258 g/mol. The number of ether oxygens (including phenoxy) is 2. The van der Waals surface area contributed by atoms with Gasteiger partial charge < -0.3 is 15.2 Å². The molecule has 0 saturated carbocycles. The van der Waals surface area contributed by atoms with E-state index in [0.29, 0.717) is 10.8 Å². The van der Waals surface area contributed by atoms with Crippen LogP contribution in [-0.4, -0.2) is 19.2 Å². The summed E-state index contributed by atoms with van der Waals surface area (Å²) in [4.78, 5) is 11.2. The summed E-state index contributed by atoms with van der Waals surface area (Å²) in [6, 6.07) is 5.14. The van der Waals surface area contributed by atoms with Crippen LogP contribution in [0.3, 0.4) is 0 Å². The molecule has 4 nitrogen and oxygen atoms in total. The predicted octanol–water partition coefficient (Wildman–Crippen LogP) is 2.30. The summed E-state index contributed by atoms with van der Waals surface area (Å²) >= 11 is 6.03. The van der Waals surface area contributed by atoms with Crippen LogP contribution in [0.5, 0.6) is 5.75 Å². The van der Waals surface area contributed by atoms with Crippen molar-refractivity contribution in [1.82, 2.24) is 0 Å². The second-order valence-corrected chi connectivity index (χ2v) is 4.17. The van der Waals surface area contributed by atoms with Crippen molar-refractivity contribution in [3.63, 3.8) is 0 Å². The van der Waals surface area contributed by atoms with Crippen LogP contribution in [0.25, 0.3) is 0 Å². The van der Waals surface area contributed by atoms with Gasteiger partial charge in [0.2, 0.25) is 0 Å². The molecule has 0 aliphatic heterocycles. The van der Waals surface area contributed by atoms with Crippen LogP contribution in [0.2, 0.25) is 5.02 Å². The van der Waals surface area contributed by atoms with Crippen molar-refractivity contribution in [2.45, 2.75) is 26.0 Å². The lowest BCUT2D eigenvalue weighted by atomic mass is 10.1. The highest BCUT2D eigenvalue weighted by Gasteiger charge is 2.16. The highest BCUT2D eigenvalue weighted by molar-refractivity contribution is 6.32. The standard InChI is InChI=1S/C12H16ClNO3/c1-7(14)9-4-5-11(10(13)6-9)17-8(2)12(15)16-3/h4-8H,14H2,1-3H3/t7-,8?/m1/s1. The number of hydrogen-bond donors (Lipinski definition) is 1. The zero-order valence-electron chi connectivity index (χ0n) is 10.1. The normalized spacial score (nSPS) is 13.9. The first kappa shape index (κ1) is 13.8. The van der Waals surface area contributed by atoms with E-state index in [0.717, 1.165) is 5.56 Å². The Bertz CT molecular complexity index is 407. The Labute approximate surface area is 106 Å². The van der Waals surface area contributed by atoms with E-state index >= 15 is 0 Å². The molecule has 0 bridgehead atoms. The molecule has 1 rings (SSSR count). The molecule has 0 spiro atoms. The Balaban J connectivity index is 2.83. The van der Waals surface area contributed by atoms with Gasteiger partial charge in [-0.25, -0.2) is 4.79 Å². The van der Waals surface area contributed by atoms with Crippen LogP contribution in [0, 0.1) is 0 Å². The van der Waals surface area contributed by atoms with Crippen molar-refractivity contribution in [3.8, 4) is 5.75 Å². The van der Waals surface area contributed by atoms with E-state index < -0.39 is 12.1 Å². The Morgan fingerprint density at radius 1 is 1.41 bits per heavy atom. The first-order valence-electron chi connectivity index (χ1n) is 5.25. The molecule has 0 heterocycles. The summed E-state index contributed by atoms with van der Waals surface area (Å²) in [5.41, 5.74) is 6.64. The third kappa shape index (κ3) is 3.61. The van der Waals surface area contributed by atoms with E-state index in [9.17, 15) is 4.79 Å². The minimum atomic E-state index is -0.696. The zero-order chi connectivity index (χ0) is 13.0. The molecule has 2 atom stereocenters. The van der Waals surface area contributed by atoms with E-state index in [-0.39, 0.29) is 6.04 Å². The number of carbonyl (C=O) groups is 1. The summed E-state index contributed by atoms with van der Waals surface area (Å²) < 4.78 is 9.94. The number of rotatable bonds is 4. The van der Waals surface area contributed by atoms with Crippen molar-refractivity contribution >= 4 is 17.6 Å². The van der Waals surface area contributed by atoms with Gasteiger partial charge in [-0.15, -0.1) is 0 Å². The maximum atomic E-state index is 11.2. The number of nitrogens with two attached hydrogens (primary N) is 1. The molecule has 17 heavy (non-hydrogen) atoms. The Morgan fingerprint density at radius 2 is 2.06 bits per heavy atom. The van der Waals surface area contributed by atoms with Crippen molar-refractivity contribution in [1.29, 1.82) is 0 Å². The SMILES string of the molecule is COC(=O)C(C)Oc1ccc([C@@H](C)N)cc1Cl. The molecular weight excluding hydrogens is 242 g/mol. The molecule has 5 heteroatoms. The number of carbonyl (C=O) groups excluding carboxylic acids is 1. The van der Waals surface area contributed by atoms with Gasteiger partial charge in [-0.3, -0.25) is 0 Å². The number of hydrogen-bond acceptors (Lipinski definition) is 4. The van der Waals surface area contributed by atoms with Gasteiger partial charge in [0, 0.05) is 6.04 Å². The molecule has 0 saturated heterocycles. The van der Waals surface area contributed by atoms with E-state index in [1.54, 1.807) is 19.1 Å². The summed E-state index contributed by atoms with van der Waals surface area (Å²) in [6.45, 7) is 3.46. The van der Waals surface area contributed by atoms with E-state index in [1.165, 1.54) is 7.11 Å². The van der Waals surface area contributed by atoms with Gasteiger partial charge in [0.15, 0.2) is 6.10 Å². The predicted molar refractivity (Wildman–Crippen MR) is 66.2 cm³/mol. The Kier molecular flexibility index (Phi) is 4.78. The molecule has 0 aliphatic rings. The van der Waals surface area contributed by atoms with E-state index in [4.69, 9.17) is 22.1 Å². The van der Waals surface area contributed by atoms with Gasteiger partial charge in [-0.2, -0.15) is 0 Å². The van der Waals surface area contributed by atoms with Gasteiger partial charge >= 0.3 is 5.97 Å². The summed E-state index contributed by atoms with van der Waals surface area (Å²) in [6.07, 6.45) is -0.696. The molecule has 0 aromatic heterocycles. The zero-order valence-corrected chi connectivity index (χ0v) is 10.8. The van der Waals surface area contributed by atoms with Crippen LogP contribution in [-0.2, 0) is 9.53 Å². The summed E-state index contributed by atoms with van der Waals surface area (Å²) in [5, 5.41) is 0.426. The fraction of sp³-hybridized carbons (Fsp3) is 0.417. The fourth-order valence-corrected chi connectivity index (χ4v) is 1.53. The molecule has 0 fully saturated rings. The van der Waals surface area contributed by atoms with Crippen LogP contribution in [0.4, 0.5) is 0 Å². The first-order valence-corrected chi connectivity index (χ1v) is 5.63. The third-order valence-electron chi connectivity index (χ3n) is 2.32. The van der Waals surface area contributed by atoms with Gasteiger partial charge in [-0.05, 0) is 31.5 Å². The van der Waals surface area contributed by atoms with Crippen LogP contribution in [0.1, 0.15) is 25.5 Å². The molecule has 0 radical (unpaired) electrons. The summed E-state index contributed by atoms with van der Waals surface area (Å²) in [5.74, 6) is -0.00805. The van der Waals surface area contributed by atoms with Gasteiger partial charge in [0.25, 0.3) is 0 Å². The number of benzene rings is 1. The molecule has 1 aromatic rings. The molecule has 94 valence electrons. The van der Waals surface area contributed by atoms with Gasteiger partial charge in [0.05, 0.1) is 12.1 Å². The minimum absolute atomic E-state index is 0.0976. The fourth-order valence-electron chi connectivity index (χ4n) is 1.30. The maximum Gasteiger partial charge on any atom is 0.346 e. The number of halogens is 1. The van der Waals surface area contributed by atoms with Crippen molar-refractivity contribution < 1.29 is 14.3 Å².